The molecule has 0 aliphatic heterocycles. The van der Waals surface area contributed by atoms with E-state index in [0.29, 0.717) is 0 Å². The van der Waals surface area contributed by atoms with E-state index in [1.165, 1.54) is 25.7 Å². The fraction of sp³-hybridized carbons (Fsp3) is 1.00. The zero-order valence-electron chi connectivity index (χ0n) is 8.18. The van der Waals surface area contributed by atoms with Crippen LogP contribution in [0.25, 0.3) is 0 Å². The van der Waals surface area contributed by atoms with E-state index in [2.05, 4.69) is 12.2 Å². The Morgan fingerprint density at radius 3 is 2.42 bits per heavy atom. The highest BCUT2D eigenvalue weighted by atomic mass is 14.9. The molecule has 3 heteroatoms. The third-order valence-electron chi connectivity index (χ3n) is 1.86. The Hall–Kier alpha value is -0.120. The van der Waals surface area contributed by atoms with E-state index in [-0.39, 0.29) is 6.17 Å². The molecule has 12 heavy (non-hydrogen) atoms. The van der Waals surface area contributed by atoms with E-state index in [4.69, 9.17) is 11.5 Å². The van der Waals surface area contributed by atoms with Crippen molar-refractivity contribution in [3.05, 3.63) is 0 Å². The van der Waals surface area contributed by atoms with Crippen LogP contribution in [-0.4, -0.2) is 19.3 Å². The zero-order valence-corrected chi connectivity index (χ0v) is 8.18. The summed E-state index contributed by atoms with van der Waals surface area (Å²) in [6.45, 7) is 4.28. The molecular formula is C9H23N3. The van der Waals surface area contributed by atoms with Gasteiger partial charge in [-0.2, -0.15) is 0 Å². The summed E-state index contributed by atoms with van der Waals surface area (Å²) in [4.78, 5) is 0. The van der Waals surface area contributed by atoms with Crippen molar-refractivity contribution in [3.8, 4) is 0 Å². The van der Waals surface area contributed by atoms with Crippen molar-refractivity contribution >= 4 is 0 Å². The highest BCUT2D eigenvalue weighted by Gasteiger charge is 1.92. The zero-order chi connectivity index (χ0) is 9.23. The smallest absolute Gasteiger partial charge is 0.0533 e. The molecule has 0 saturated heterocycles. The summed E-state index contributed by atoms with van der Waals surface area (Å²) >= 11 is 0. The first-order chi connectivity index (χ1) is 5.77. The standard InChI is InChI=1S/C9H23N3/c1-2-3-4-5-7-12-8-6-9(10)11/h9,12H,2-8,10-11H2,1H3. The van der Waals surface area contributed by atoms with Crippen LogP contribution in [0.4, 0.5) is 0 Å². The maximum Gasteiger partial charge on any atom is 0.0533 e. The Kier molecular flexibility index (Phi) is 8.88. The monoisotopic (exact) mass is 173 g/mol. The lowest BCUT2D eigenvalue weighted by Crippen LogP contribution is -2.34. The van der Waals surface area contributed by atoms with Crippen molar-refractivity contribution in [2.24, 2.45) is 11.5 Å². The van der Waals surface area contributed by atoms with Crippen LogP contribution in [0.15, 0.2) is 0 Å². The molecule has 0 saturated carbocycles. The van der Waals surface area contributed by atoms with Gasteiger partial charge in [0.2, 0.25) is 0 Å². The molecule has 0 aromatic rings. The average molecular weight is 173 g/mol. The van der Waals surface area contributed by atoms with E-state index < -0.39 is 0 Å². The van der Waals surface area contributed by atoms with Crippen molar-refractivity contribution in [1.82, 2.24) is 5.32 Å². The van der Waals surface area contributed by atoms with Gasteiger partial charge in [-0.05, 0) is 25.9 Å². The summed E-state index contributed by atoms with van der Waals surface area (Å²) in [5, 5.41) is 3.32. The van der Waals surface area contributed by atoms with Gasteiger partial charge < -0.3 is 16.8 Å². The first-order valence-corrected chi connectivity index (χ1v) is 4.99. The first kappa shape index (κ1) is 11.9. The second-order valence-corrected chi connectivity index (χ2v) is 3.26. The third-order valence-corrected chi connectivity index (χ3v) is 1.86. The Bertz CT molecular complexity index is 83.8. The van der Waals surface area contributed by atoms with Gasteiger partial charge in [0.05, 0.1) is 6.17 Å². The minimum Gasteiger partial charge on any atom is -0.317 e. The average Bonchev–Trinajstić information content (AvgIpc) is 2.02. The van der Waals surface area contributed by atoms with E-state index in [0.717, 1.165) is 19.5 Å². The molecule has 0 aromatic heterocycles. The summed E-state index contributed by atoms with van der Waals surface area (Å²) in [6, 6.07) is 0. The molecule has 0 aliphatic rings. The van der Waals surface area contributed by atoms with Gasteiger partial charge in [0.15, 0.2) is 0 Å². The summed E-state index contributed by atoms with van der Waals surface area (Å²) in [7, 11) is 0. The SMILES string of the molecule is CCCCCCNCCC(N)N. The van der Waals surface area contributed by atoms with Crippen molar-refractivity contribution in [2.45, 2.75) is 45.2 Å². The van der Waals surface area contributed by atoms with Gasteiger partial charge in [0.25, 0.3) is 0 Å². The maximum absolute atomic E-state index is 5.39. The van der Waals surface area contributed by atoms with Gasteiger partial charge in [0, 0.05) is 0 Å². The molecule has 0 bridgehead atoms. The van der Waals surface area contributed by atoms with Crippen LogP contribution in [0.5, 0.6) is 0 Å². The number of nitrogens with one attached hydrogen (secondary N) is 1. The van der Waals surface area contributed by atoms with E-state index in [9.17, 15) is 0 Å². The number of hydrogen-bond acceptors (Lipinski definition) is 3. The first-order valence-electron chi connectivity index (χ1n) is 4.99. The van der Waals surface area contributed by atoms with Crippen LogP contribution in [0.3, 0.4) is 0 Å². The van der Waals surface area contributed by atoms with Gasteiger partial charge >= 0.3 is 0 Å². The van der Waals surface area contributed by atoms with E-state index >= 15 is 0 Å². The molecule has 0 unspecified atom stereocenters. The Morgan fingerprint density at radius 1 is 1.08 bits per heavy atom. The molecule has 0 heterocycles. The number of rotatable bonds is 8. The third kappa shape index (κ3) is 9.88. The molecule has 0 rings (SSSR count). The van der Waals surface area contributed by atoms with Crippen molar-refractivity contribution in [2.75, 3.05) is 13.1 Å². The van der Waals surface area contributed by atoms with Crippen LogP contribution in [-0.2, 0) is 0 Å². The molecular weight excluding hydrogens is 150 g/mol. The number of unbranched alkanes of at least 4 members (excludes halogenated alkanes) is 3. The van der Waals surface area contributed by atoms with Gasteiger partial charge in [-0.3, -0.25) is 0 Å². The lowest BCUT2D eigenvalue weighted by Gasteiger charge is -2.06. The van der Waals surface area contributed by atoms with E-state index in [1.807, 2.05) is 0 Å². The second-order valence-electron chi connectivity index (χ2n) is 3.26. The van der Waals surface area contributed by atoms with Crippen molar-refractivity contribution in [3.63, 3.8) is 0 Å². The minimum atomic E-state index is -0.159. The van der Waals surface area contributed by atoms with Gasteiger partial charge in [-0.15, -0.1) is 0 Å². The lowest BCUT2D eigenvalue weighted by atomic mass is 10.2. The molecule has 0 aliphatic carbocycles. The molecule has 0 spiro atoms. The Balaban J connectivity index is 2.82. The van der Waals surface area contributed by atoms with E-state index in [1.54, 1.807) is 0 Å². The molecule has 0 atom stereocenters. The van der Waals surface area contributed by atoms with Gasteiger partial charge in [-0.1, -0.05) is 26.2 Å². The van der Waals surface area contributed by atoms with Crippen LogP contribution < -0.4 is 16.8 Å². The normalized spacial score (nSPS) is 11.0. The Morgan fingerprint density at radius 2 is 1.83 bits per heavy atom. The summed E-state index contributed by atoms with van der Waals surface area (Å²) in [6.07, 6.45) is 5.96. The molecule has 0 fully saturated rings. The van der Waals surface area contributed by atoms with Crippen LogP contribution >= 0.6 is 0 Å². The fourth-order valence-corrected chi connectivity index (χ4v) is 1.07. The van der Waals surface area contributed by atoms with Crippen LogP contribution in [0.2, 0.25) is 0 Å². The quantitative estimate of drug-likeness (QED) is 0.375. The van der Waals surface area contributed by atoms with Crippen molar-refractivity contribution < 1.29 is 0 Å². The summed E-state index contributed by atoms with van der Waals surface area (Å²) < 4.78 is 0. The highest BCUT2D eigenvalue weighted by Crippen LogP contribution is 1.96. The topological polar surface area (TPSA) is 64.1 Å². The predicted molar refractivity (Wildman–Crippen MR) is 53.8 cm³/mol. The molecule has 3 nitrogen and oxygen atoms in total. The fourth-order valence-electron chi connectivity index (χ4n) is 1.07. The summed E-state index contributed by atoms with van der Waals surface area (Å²) in [5.74, 6) is 0. The van der Waals surface area contributed by atoms with Crippen molar-refractivity contribution in [1.29, 1.82) is 0 Å². The molecule has 0 aromatic carbocycles. The molecule has 0 radical (unpaired) electrons. The van der Waals surface area contributed by atoms with Crippen LogP contribution in [0.1, 0.15) is 39.0 Å². The van der Waals surface area contributed by atoms with Crippen LogP contribution in [0, 0.1) is 0 Å². The molecule has 0 amide bonds. The highest BCUT2D eigenvalue weighted by molar-refractivity contribution is 4.54. The maximum atomic E-state index is 5.39. The lowest BCUT2D eigenvalue weighted by molar-refractivity contribution is 0.549. The molecule has 74 valence electrons. The Labute approximate surface area is 75.9 Å². The van der Waals surface area contributed by atoms with Gasteiger partial charge in [0.1, 0.15) is 0 Å². The minimum absolute atomic E-state index is 0.159. The largest absolute Gasteiger partial charge is 0.317 e. The predicted octanol–water partition coefficient (Wildman–Crippen LogP) is 0.790. The summed E-state index contributed by atoms with van der Waals surface area (Å²) in [5.41, 5.74) is 10.8. The van der Waals surface area contributed by atoms with Gasteiger partial charge in [-0.25, -0.2) is 0 Å². The number of hydrogen-bond donors (Lipinski definition) is 3. The molecule has 5 N–H and O–H groups in total. The number of nitrogens with two attached hydrogens (primary N) is 2. The second kappa shape index (κ2) is 8.97.